The molecule has 1 heterocycles. The Bertz CT molecular complexity index is 1220. The Labute approximate surface area is 183 Å². The molecule has 3 heteroatoms. The van der Waals surface area contributed by atoms with Gasteiger partial charge in [-0.05, 0) is 47.9 Å². The zero-order chi connectivity index (χ0) is 21.2. The molecule has 0 spiro atoms. The van der Waals surface area contributed by atoms with E-state index in [9.17, 15) is 0 Å². The summed E-state index contributed by atoms with van der Waals surface area (Å²) in [5, 5.41) is 3.48. The number of hydrogen-bond acceptors (Lipinski definition) is 3. The van der Waals surface area contributed by atoms with Gasteiger partial charge in [0.2, 0.25) is 0 Å². The number of fused-ring (bicyclic) bond motifs is 3. The first-order valence-electron chi connectivity index (χ1n) is 10.7. The minimum Gasteiger partial charge on any atom is -0.496 e. The highest BCUT2D eigenvalue weighted by Gasteiger charge is 2.30. The molecule has 1 N–H and O–H groups in total. The van der Waals surface area contributed by atoms with E-state index in [1.807, 2.05) is 24.3 Å². The van der Waals surface area contributed by atoms with Crippen molar-refractivity contribution in [1.82, 2.24) is 0 Å². The van der Waals surface area contributed by atoms with Crippen LogP contribution in [0, 0.1) is 0 Å². The van der Waals surface area contributed by atoms with E-state index in [0.29, 0.717) is 0 Å². The van der Waals surface area contributed by atoms with Gasteiger partial charge < -0.3 is 14.8 Å². The van der Waals surface area contributed by atoms with Gasteiger partial charge in [0.1, 0.15) is 17.6 Å². The Morgan fingerprint density at radius 2 is 1.65 bits per heavy atom. The first kappa shape index (κ1) is 19.3. The molecule has 0 saturated heterocycles. The second-order valence-electron chi connectivity index (χ2n) is 7.62. The molecule has 1 unspecified atom stereocenters. The normalized spacial score (nSPS) is 14.2. The Morgan fingerprint density at radius 3 is 2.45 bits per heavy atom. The van der Waals surface area contributed by atoms with Gasteiger partial charge in [-0.3, -0.25) is 0 Å². The monoisotopic (exact) mass is 407 g/mol. The Kier molecular flexibility index (Phi) is 5.09. The van der Waals surface area contributed by atoms with E-state index in [4.69, 9.17) is 9.47 Å². The van der Waals surface area contributed by atoms with Crippen molar-refractivity contribution in [3.63, 3.8) is 0 Å². The average molecular weight is 408 g/mol. The molecular formula is C28H25NO2. The fourth-order valence-electron chi connectivity index (χ4n) is 4.36. The molecule has 154 valence electrons. The predicted molar refractivity (Wildman–Crippen MR) is 127 cm³/mol. The van der Waals surface area contributed by atoms with Gasteiger partial charge in [-0.25, -0.2) is 0 Å². The molecule has 4 aromatic rings. The largest absolute Gasteiger partial charge is 0.496 e. The molecular weight excluding hydrogens is 382 g/mol. The summed E-state index contributed by atoms with van der Waals surface area (Å²) in [7, 11) is 1.71. The van der Waals surface area contributed by atoms with Crippen LogP contribution in [0.15, 0.2) is 91.0 Å². The van der Waals surface area contributed by atoms with Crippen LogP contribution >= 0.6 is 0 Å². The molecule has 1 aliphatic heterocycles. The van der Waals surface area contributed by atoms with Crippen LogP contribution in [0.3, 0.4) is 0 Å². The number of methoxy groups -OCH3 is 1. The van der Waals surface area contributed by atoms with Gasteiger partial charge in [0.05, 0.1) is 12.7 Å². The van der Waals surface area contributed by atoms with Crippen molar-refractivity contribution in [3.05, 3.63) is 102 Å². The lowest BCUT2D eigenvalue weighted by molar-refractivity contribution is 0.242. The van der Waals surface area contributed by atoms with E-state index in [0.717, 1.165) is 51.5 Å². The number of nitrogens with one attached hydrogen (secondary N) is 1. The highest BCUT2D eigenvalue weighted by atomic mass is 16.5. The van der Waals surface area contributed by atoms with Crippen LogP contribution in [0.5, 0.6) is 11.5 Å². The third-order valence-electron chi connectivity index (χ3n) is 5.76. The van der Waals surface area contributed by atoms with Gasteiger partial charge in [-0.15, -0.1) is 0 Å². The highest BCUT2D eigenvalue weighted by Crippen LogP contribution is 2.49. The van der Waals surface area contributed by atoms with Crippen LogP contribution in [0.2, 0.25) is 0 Å². The zero-order valence-electron chi connectivity index (χ0n) is 17.8. The van der Waals surface area contributed by atoms with E-state index >= 15 is 0 Å². The van der Waals surface area contributed by atoms with Gasteiger partial charge in [-0.1, -0.05) is 66.7 Å². The first-order chi connectivity index (χ1) is 15.3. The molecule has 3 nitrogen and oxygen atoms in total. The smallest absolute Gasteiger partial charge is 0.149 e. The molecule has 0 aliphatic carbocycles. The predicted octanol–water partition coefficient (Wildman–Crippen LogP) is 6.94. The molecule has 0 aromatic heterocycles. The molecule has 31 heavy (non-hydrogen) atoms. The van der Waals surface area contributed by atoms with Crippen LogP contribution in [-0.4, -0.2) is 13.7 Å². The van der Waals surface area contributed by atoms with Crippen LogP contribution in [0.25, 0.3) is 22.3 Å². The molecule has 0 amide bonds. The van der Waals surface area contributed by atoms with Gasteiger partial charge in [-0.2, -0.15) is 0 Å². The zero-order valence-corrected chi connectivity index (χ0v) is 17.8. The first-order valence-corrected chi connectivity index (χ1v) is 10.7. The summed E-state index contributed by atoms with van der Waals surface area (Å²) < 4.78 is 12.2. The molecule has 5 rings (SSSR count). The van der Waals surface area contributed by atoms with Crippen molar-refractivity contribution in [3.8, 4) is 33.8 Å². The molecule has 4 aromatic carbocycles. The summed E-state index contributed by atoms with van der Waals surface area (Å²) in [6, 6.07) is 31.5. The second kappa shape index (κ2) is 8.19. The topological polar surface area (TPSA) is 30.5 Å². The maximum Gasteiger partial charge on any atom is 0.149 e. The number of ether oxygens (including phenoxy) is 2. The number of anilines is 1. The maximum atomic E-state index is 6.56. The third-order valence-corrected chi connectivity index (χ3v) is 5.76. The Hall–Kier alpha value is -3.72. The van der Waals surface area contributed by atoms with Gasteiger partial charge in [0.25, 0.3) is 0 Å². The van der Waals surface area contributed by atoms with Crippen molar-refractivity contribution >= 4 is 5.69 Å². The lowest BCUT2D eigenvalue weighted by atomic mass is 9.86. The van der Waals surface area contributed by atoms with Crippen LogP contribution in [0.1, 0.15) is 24.2 Å². The Balaban J connectivity index is 1.72. The van der Waals surface area contributed by atoms with Crippen molar-refractivity contribution < 1.29 is 9.47 Å². The molecule has 1 aliphatic rings. The van der Waals surface area contributed by atoms with Crippen molar-refractivity contribution in [1.29, 1.82) is 0 Å². The van der Waals surface area contributed by atoms with Gasteiger partial charge >= 0.3 is 0 Å². The van der Waals surface area contributed by atoms with Crippen molar-refractivity contribution in [2.45, 2.75) is 13.0 Å². The summed E-state index contributed by atoms with van der Waals surface area (Å²) in [5.74, 6) is 1.67. The van der Waals surface area contributed by atoms with E-state index < -0.39 is 0 Å². The summed E-state index contributed by atoms with van der Waals surface area (Å²) in [6.07, 6.45) is -0.179. The van der Waals surface area contributed by atoms with E-state index in [2.05, 4.69) is 79.0 Å². The molecule has 0 fully saturated rings. The van der Waals surface area contributed by atoms with E-state index in [-0.39, 0.29) is 6.10 Å². The number of rotatable bonds is 5. The van der Waals surface area contributed by atoms with E-state index in [1.54, 1.807) is 7.11 Å². The highest BCUT2D eigenvalue weighted by molar-refractivity contribution is 5.86. The summed E-state index contributed by atoms with van der Waals surface area (Å²) in [4.78, 5) is 0. The van der Waals surface area contributed by atoms with Gasteiger partial charge in [0.15, 0.2) is 0 Å². The van der Waals surface area contributed by atoms with Gasteiger partial charge in [0, 0.05) is 23.4 Å². The molecule has 0 saturated carbocycles. The summed E-state index contributed by atoms with van der Waals surface area (Å²) in [6.45, 7) is 2.99. The molecule has 1 atom stereocenters. The quantitative estimate of drug-likeness (QED) is 0.388. The number of hydrogen-bond donors (Lipinski definition) is 1. The summed E-state index contributed by atoms with van der Waals surface area (Å²) in [5.41, 5.74) is 7.93. The Morgan fingerprint density at radius 1 is 0.839 bits per heavy atom. The SMILES string of the molecule is CCNc1ccccc1-c1ccc2c(c1)C(c1ccccc1)Oc1cccc(OC)c1-2. The number of para-hydroxylation sites is 1. The number of benzene rings is 4. The van der Waals surface area contributed by atoms with Crippen molar-refractivity contribution in [2.24, 2.45) is 0 Å². The van der Waals surface area contributed by atoms with Crippen molar-refractivity contribution in [2.75, 3.05) is 19.0 Å². The minimum atomic E-state index is -0.179. The molecule has 0 radical (unpaired) electrons. The van der Waals surface area contributed by atoms with Crippen LogP contribution in [-0.2, 0) is 0 Å². The average Bonchev–Trinajstić information content (AvgIpc) is 2.84. The lowest BCUT2D eigenvalue weighted by Gasteiger charge is -2.30. The van der Waals surface area contributed by atoms with E-state index in [1.165, 1.54) is 5.56 Å². The lowest BCUT2D eigenvalue weighted by Crippen LogP contribution is -2.16. The third kappa shape index (κ3) is 3.42. The van der Waals surface area contributed by atoms with Crippen LogP contribution < -0.4 is 14.8 Å². The summed E-state index contributed by atoms with van der Waals surface area (Å²) >= 11 is 0. The minimum absolute atomic E-state index is 0.179. The fourth-order valence-corrected chi connectivity index (χ4v) is 4.36. The van der Waals surface area contributed by atoms with Crippen LogP contribution in [0.4, 0.5) is 5.69 Å². The maximum absolute atomic E-state index is 6.56. The second-order valence-corrected chi connectivity index (χ2v) is 7.62. The fraction of sp³-hybridized carbons (Fsp3) is 0.143. The molecule has 0 bridgehead atoms. The standard InChI is InChI=1S/C28H25NO2/c1-3-29-24-13-8-7-12-21(24)20-16-17-22-23(18-20)28(19-10-5-4-6-11-19)31-26-15-9-14-25(30-2)27(22)26/h4-18,28-29H,3H2,1-2H3.